The molecule has 0 bridgehead atoms. The third-order valence-corrected chi connectivity index (χ3v) is 2.92. The van der Waals surface area contributed by atoms with E-state index in [2.05, 4.69) is 10.1 Å². The lowest BCUT2D eigenvalue weighted by atomic mass is 9.97. The third-order valence-electron chi connectivity index (χ3n) is 2.92. The molecule has 108 valence electrons. The second-order valence-corrected chi connectivity index (χ2v) is 5.71. The van der Waals surface area contributed by atoms with E-state index >= 15 is 0 Å². The van der Waals surface area contributed by atoms with Crippen molar-refractivity contribution in [1.82, 2.24) is 5.32 Å². The van der Waals surface area contributed by atoms with Crippen molar-refractivity contribution < 1.29 is 19.1 Å². The van der Waals surface area contributed by atoms with Gasteiger partial charge < -0.3 is 14.8 Å². The van der Waals surface area contributed by atoms with Crippen LogP contribution in [-0.2, 0) is 14.3 Å². The first-order chi connectivity index (χ1) is 8.81. The topological polar surface area (TPSA) is 64.6 Å². The number of hydrogen-bond acceptors (Lipinski definition) is 4. The fourth-order valence-corrected chi connectivity index (χ4v) is 2.02. The molecule has 19 heavy (non-hydrogen) atoms. The third kappa shape index (κ3) is 5.77. The number of nitrogens with one attached hydrogen (secondary N) is 1. The fraction of sp³-hybridized carbons (Fsp3) is 0.714. The van der Waals surface area contributed by atoms with Gasteiger partial charge in [-0.05, 0) is 39.5 Å². The van der Waals surface area contributed by atoms with Gasteiger partial charge in [-0.2, -0.15) is 0 Å². The second-order valence-electron chi connectivity index (χ2n) is 5.71. The number of rotatable bonds is 4. The predicted octanol–water partition coefficient (Wildman–Crippen LogP) is 2.41. The van der Waals surface area contributed by atoms with Gasteiger partial charge in [0.05, 0.1) is 13.2 Å². The maximum Gasteiger partial charge on any atom is 0.408 e. The molecule has 2 atom stereocenters. The molecule has 0 aromatic rings. The van der Waals surface area contributed by atoms with Crippen LogP contribution >= 0.6 is 0 Å². The van der Waals surface area contributed by atoms with E-state index in [1.807, 2.05) is 32.9 Å². The Kier molecular flexibility index (Phi) is 5.39. The highest BCUT2D eigenvalue weighted by molar-refractivity contribution is 5.69. The maximum atomic E-state index is 11.7. The van der Waals surface area contributed by atoms with Crippen LogP contribution in [0.4, 0.5) is 4.79 Å². The lowest BCUT2D eigenvalue weighted by Crippen LogP contribution is -2.40. The summed E-state index contributed by atoms with van der Waals surface area (Å²) in [5, 5.41) is 2.83. The molecule has 1 amide bonds. The van der Waals surface area contributed by atoms with Crippen LogP contribution in [-0.4, -0.2) is 30.8 Å². The summed E-state index contributed by atoms with van der Waals surface area (Å²) in [4.78, 5) is 22.8. The first-order valence-electron chi connectivity index (χ1n) is 6.55. The molecule has 5 nitrogen and oxygen atoms in total. The Morgan fingerprint density at radius 2 is 2.05 bits per heavy atom. The van der Waals surface area contributed by atoms with E-state index in [0.717, 1.165) is 6.42 Å². The van der Waals surface area contributed by atoms with Crippen molar-refractivity contribution in [3.8, 4) is 0 Å². The van der Waals surface area contributed by atoms with E-state index in [4.69, 9.17) is 4.74 Å². The number of carbonyl (C=O) groups excluding carboxylic acids is 2. The number of carbonyl (C=O) groups is 2. The highest BCUT2D eigenvalue weighted by atomic mass is 16.6. The van der Waals surface area contributed by atoms with Crippen LogP contribution in [0.5, 0.6) is 0 Å². The summed E-state index contributed by atoms with van der Waals surface area (Å²) >= 11 is 0. The zero-order valence-electron chi connectivity index (χ0n) is 12.1. The van der Waals surface area contributed by atoms with Gasteiger partial charge in [0.25, 0.3) is 0 Å². The predicted molar refractivity (Wildman–Crippen MR) is 71.7 cm³/mol. The Morgan fingerprint density at radius 3 is 2.63 bits per heavy atom. The number of alkyl carbamates (subject to hydrolysis) is 1. The summed E-state index contributed by atoms with van der Waals surface area (Å²) in [5.74, 6) is 0.00883. The Hall–Kier alpha value is -1.52. The van der Waals surface area contributed by atoms with Gasteiger partial charge >= 0.3 is 12.1 Å². The lowest BCUT2D eigenvalue weighted by molar-refractivity contribution is -0.140. The van der Waals surface area contributed by atoms with Gasteiger partial charge in [0.2, 0.25) is 0 Å². The smallest absolute Gasteiger partial charge is 0.408 e. The second kappa shape index (κ2) is 6.59. The van der Waals surface area contributed by atoms with Crippen LogP contribution in [0.2, 0.25) is 0 Å². The zero-order valence-corrected chi connectivity index (χ0v) is 12.1. The SMILES string of the molecule is COC(=O)CCC1CC=C[C@H]1NC(=O)OC(C)(C)C. The summed E-state index contributed by atoms with van der Waals surface area (Å²) in [6.07, 6.45) is 5.47. The summed E-state index contributed by atoms with van der Waals surface area (Å²) in [6.45, 7) is 5.48. The number of allylic oxidation sites excluding steroid dienone is 1. The molecule has 5 heteroatoms. The summed E-state index contributed by atoms with van der Waals surface area (Å²) in [7, 11) is 1.38. The van der Waals surface area contributed by atoms with Crippen molar-refractivity contribution in [3.63, 3.8) is 0 Å². The van der Waals surface area contributed by atoms with E-state index < -0.39 is 11.7 Å². The number of amides is 1. The monoisotopic (exact) mass is 269 g/mol. The number of esters is 1. The average molecular weight is 269 g/mol. The average Bonchev–Trinajstić information content (AvgIpc) is 2.70. The lowest BCUT2D eigenvalue weighted by Gasteiger charge is -2.24. The molecule has 1 N–H and O–H groups in total. The molecular formula is C14H23NO4. The maximum absolute atomic E-state index is 11.7. The molecule has 0 aromatic heterocycles. The Morgan fingerprint density at radius 1 is 1.37 bits per heavy atom. The van der Waals surface area contributed by atoms with Crippen molar-refractivity contribution in [2.45, 2.75) is 51.7 Å². The Bertz CT molecular complexity index is 357. The van der Waals surface area contributed by atoms with E-state index in [-0.39, 0.29) is 17.9 Å². The van der Waals surface area contributed by atoms with Crippen molar-refractivity contribution >= 4 is 12.1 Å². The molecule has 0 fully saturated rings. The number of ether oxygens (including phenoxy) is 2. The van der Waals surface area contributed by atoms with Crippen LogP contribution in [0.1, 0.15) is 40.0 Å². The van der Waals surface area contributed by atoms with Crippen LogP contribution < -0.4 is 5.32 Å². The van der Waals surface area contributed by atoms with Crippen molar-refractivity contribution in [3.05, 3.63) is 12.2 Å². The molecule has 1 aliphatic rings. The zero-order chi connectivity index (χ0) is 14.5. The van der Waals surface area contributed by atoms with Crippen LogP contribution in [0, 0.1) is 5.92 Å². The summed E-state index contributed by atoms with van der Waals surface area (Å²) in [5.41, 5.74) is -0.506. The van der Waals surface area contributed by atoms with Gasteiger partial charge in [0, 0.05) is 6.42 Å². The minimum Gasteiger partial charge on any atom is -0.469 e. The minimum atomic E-state index is -0.506. The van der Waals surface area contributed by atoms with E-state index in [0.29, 0.717) is 12.8 Å². The molecule has 1 rings (SSSR count). The first kappa shape index (κ1) is 15.5. The van der Waals surface area contributed by atoms with Crippen molar-refractivity contribution in [2.24, 2.45) is 5.92 Å². The van der Waals surface area contributed by atoms with Gasteiger partial charge in [-0.1, -0.05) is 12.2 Å². The molecular weight excluding hydrogens is 246 g/mol. The normalized spacial score (nSPS) is 22.1. The number of methoxy groups -OCH3 is 1. The van der Waals surface area contributed by atoms with Gasteiger partial charge in [-0.3, -0.25) is 4.79 Å². The quantitative estimate of drug-likeness (QED) is 0.628. The largest absolute Gasteiger partial charge is 0.469 e. The summed E-state index contributed by atoms with van der Waals surface area (Å²) < 4.78 is 9.84. The molecule has 0 saturated heterocycles. The minimum absolute atomic E-state index is 0.0699. The van der Waals surface area contributed by atoms with Crippen LogP contribution in [0.25, 0.3) is 0 Å². The summed E-state index contributed by atoms with van der Waals surface area (Å²) in [6, 6.07) is -0.0699. The molecule has 0 aliphatic heterocycles. The fourth-order valence-electron chi connectivity index (χ4n) is 2.02. The molecule has 0 heterocycles. The molecule has 0 saturated carbocycles. The Labute approximate surface area is 114 Å². The first-order valence-corrected chi connectivity index (χ1v) is 6.55. The van der Waals surface area contributed by atoms with Crippen molar-refractivity contribution in [1.29, 1.82) is 0 Å². The van der Waals surface area contributed by atoms with E-state index in [1.165, 1.54) is 7.11 Å². The molecule has 1 unspecified atom stereocenters. The van der Waals surface area contributed by atoms with Gasteiger partial charge in [-0.15, -0.1) is 0 Å². The highest BCUT2D eigenvalue weighted by Crippen LogP contribution is 2.24. The van der Waals surface area contributed by atoms with E-state index in [1.54, 1.807) is 0 Å². The standard InChI is InChI=1S/C14H23NO4/c1-14(2,3)19-13(17)15-11-7-5-6-10(11)8-9-12(16)18-4/h5,7,10-11H,6,8-9H2,1-4H3,(H,15,17)/t10?,11-/m1/s1. The molecule has 0 radical (unpaired) electrons. The van der Waals surface area contributed by atoms with Gasteiger partial charge in [0.1, 0.15) is 5.60 Å². The Balaban J connectivity index is 2.41. The molecule has 1 aliphatic carbocycles. The highest BCUT2D eigenvalue weighted by Gasteiger charge is 2.27. The van der Waals surface area contributed by atoms with E-state index in [9.17, 15) is 9.59 Å². The van der Waals surface area contributed by atoms with Crippen LogP contribution in [0.15, 0.2) is 12.2 Å². The van der Waals surface area contributed by atoms with Gasteiger partial charge in [-0.25, -0.2) is 4.79 Å². The number of hydrogen-bond donors (Lipinski definition) is 1. The molecule has 0 aromatic carbocycles. The van der Waals surface area contributed by atoms with Gasteiger partial charge in [0.15, 0.2) is 0 Å². The van der Waals surface area contributed by atoms with Crippen molar-refractivity contribution in [2.75, 3.05) is 7.11 Å². The van der Waals surface area contributed by atoms with Crippen LogP contribution in [0.3, 0.4) is 0 Å². The molecule has 0 spiro atoms.